The molecule has 1 atom stereocenters. The van der Waals surface area contributed by atoms with Gasteiger partial charge < -0.3 is 14.3 Å². The maximum absolute atomic E-state index is 13.3. The smallest absolute Gasteiger partial charge is 0.422 e. The van der Waals surface area contributed by atoms with Gasteiger partial charge in [-0.1, -0.05) is 23.9 Å². The van der Waals surface area contributed by atoms with Crippen LogP contribution in [0.4, 0.5) is 17.6 Å². The number of hydrogen-bond acceptors (Lipinski definition) is 7. The predicted molar refractivity (Wildman–Crippen MR) is 115 cm³/mol. The van der Waals surface area contributed by atoms with Gasteiger partial charge in [-0.25, -0.2) is 14.2 Å². The van der Waals surface area contributed by atoms with E-state index in [9.17, 15) is 32.3 Å². The Bertz CT molecular complexity index is 1380. The van der Waals surface area contributed by atoms with Gasteiger partial charge in [0, 0.05) is 29.0 Å². The molecule has 0 bridgehead atoms. The fourth-order valence-electron chi connectivity index (χ4n) is 3.15. The molecule has 170 valence electrons. The lowest BCUT2D eigenvalue weighted by atomic mass is 9.98. The van der Waals surface area contributed by atoms with Crippen LogP contribution >= 0.6 is 23.1 Å². The second-order valence-corrected chi connectivity index (χ2v) is 9.32. The fraction of sp³-hybridized carbons (Fsp3) is 0.136. The van der Waals surface area contributed by atoms with Gasteiger partial charge in [-0.05, 0) is 41.5 Å². The Morgan fingerprint density at radius 3 is 2.52 bits per heavy atom. The Morgan fingerprint density at radius 2 is 1.85 bits per heavy atom. The van der Waals surface area contributed by atoms with Crippen molar-refractivity contribution in [2.75, 3.05) is 0 Å². The average Bonchev–Trinajstić information content (AvgIpc) is 3.22. The van der Waals surface area contributed by atoms with E-state index in [1.54, 1.807) is 12.1 Å². The molecule has 2 aromatic carbocycles. The van der Waals surface area contributed by atoms with Crippen molar-refractivity contribution in [3.8, 4) is 11.1 Å². The van der Waals surface area contributed by atoms with Crippen molar-refractivity contribution in [1.82, 2.24) is 4.98 Å². The van der Waals surface area contributed by atoms with E-state index in [0.29, 0.717) is 32.7 Å². The molecule has 0 amide bonds. The summed E-state index contributed by atoms with van der Waals surface area (Å²) in [7, 11) is 0. The van der Waals surface area contributed by atoms with Crippen LogP contribution in [-0.2, 0) is 10.4 Å². The molecule has 0 aliphatic heterocycles. The molecule has 0 aliphatic carbocycles. The van der Waals surface area contributed by atoms with Crippen LogP contribution in [0.5, 0.6) is 0 Å². The van der Waals surface area contributed by atoms with Crippen molar-refractivity contribution in [2.24, 2.45) is 0 Å². The molecule has 2 heterocycles. The number of aldehydes is 1. The minimum Gasteiger partial charge on any atom is -0.423 e. The van der Waals surface area contributed by atoms with E-state index in [0.717, 1.165) is 18.0 Å². The molecule has 0 unspecified atom stereocenters. The minimum atomic E-state index is -5.05. The summed E-state index contributed by atoms with van der Waals surface area (Å²) in [6.07, 6.45) is -5.30. The molecule has 5 nitrogen and oxygen atoms in total. The fourth-order valence-corrected chi connectivity index (χ4v) is 5.25. The van der Waals surface area contributed by atoms with Gasteiger partial charge in [0.15, 0.2) is 4.34 Å². The van der Waals surface area contributed by atoms with Crippen molar-refractivity contribution < 1.29 is 31.9 Å². The van der Waals surface area contributed by atoms with E-state index in [4.69, 9.17) is 4.42 Å². The summed E-state index contributed by atoms with van der Waals surface area (Å²) in [4.78, 5) is 26.7. The highest BCUT2D eigenvalue weighted by molar-refractivity contribution is 8.01. The third-order valence-electron chi connectivity index (χ3n) is 4.82. The van der Waals surface area contributed by atoms with Crippen LogP contribution in [0.2, 0.25) is 0 Å². The average molecular weight is 495 g/mol. The number of carbonyl (C=O) groups is 1. The van der Waals surface area contributed by atoms with Gasteiger partial charge in [0.05, 0.1) is 4.88 Å². The Hall–Kier alpha value is -3.02. The SMILES string of the molecule is O=CC[C@](O)(c1cnc(Sc2ccc3c(-c4ccc(F)cc4)cc(=O)oc3c2)s1)C(F)(F)F. The first-order valence-electron chi connectivity index (χ1n) is 9.31. The van der Waals surface area contributed by atoms with Gasteiger partial charge in [-0.3, -0.25) is 0 Å². The molecule has 4 aromatic rings. The number of alkyl halides is 3. The van der Waals surface area contributed by atoms with Gasteiger partial charge in [-0.15, -0.1) is 11.3 Å². The zero-order valence-electron chi connectivity index (χ0n) is 16.4. The zero-order valence-corrected chi connectivity index (χ0v) is 18.1. The summed E-state index contributed by atoms with van der Waals surface area (Å²) in [6, 6.07) is 11.8. The lowest BCUT2D eigenvalue weighted by molar-refractivity contribution is -0.264. The van der Waals surface area contributed by atoms with Crippen LogP contribution < -0.4 is 5.63 Å². The van der Waals surface area contributed by atoms with Crippen molar-refractivity contribution >= 4 is 40.4 Å². The molecular formula is C22H13F4NO4S2. The van der Waals surface area contributed by atoms with Gasteiger partial charge in [-0.2, -0.15) is 13.2 Å². The summed E-state index contributed by atoms with van der Waals surface area (Å²) in [5.74, 6) is -0.418. The number of carbonyl (C=O) groups excluding carboxylic acids is 1. The first-order chi connectivity index (χ1) is 15.6. The normalized spacial score (nSPS) is 13.7. The Kier molecular flexibility index (Phi) is 6.12. The van der Waals surface area contributed by atoms with E-state index in [1.165, 1.54) is 36.4 Å². The minimum absolute atomic E-state index is 0.00405. The van der Waals surface area contributed by atoms with Gasteiger partial charge in [0.2, 0.25) is 5.60 Å². The highest BCUT2D eigenvalue weighted by Crippen LogP contribution is 2.45. The largest absolute Gasteiger partial charge is 0.423 e. The lowest BCUT2D eigenvalue weighted by Crippen LogP contribution is -2.42. The second-order valence-electron chi connectivity index (χ2n) is 6.97. The van der Waals surface area contributed by atoms with Crippen LogP contribution in [0.1, 0.15) is 11.3 Å². The predicted octanol–water partition coefficient (Wildman–Crippen LogP) is 5.55. The highest BCUT2D eigenvalue weighted by atomic mass is 32.2. The third-order valence-corrected chi connectivity index (χ3v) is 7.03. The number of nitrogens with zero attached hydrogens (tertiary/aromatic N) is 1. The molecule has 0 spiro atoms. The third kappa shape index (κ3) is 4.56. The molecule has 4 rings (SSSR count). The number of rotatable bonds is 6. The molecule has 0 fully saturated rings. The number of aliphatic hydroxyl groups is 1. The molecular weight excluding hydrogens is 482 g/mol. The Labute approximate surface area is 191 Å². The van der Waals surface area contributed by atoms with Gasteiger partial charge >= 0.3 is 11.8 Å². The number of aromatic nitrogens is 1. The van der Waals surface area contributed by atoms with Crippen molar-refractivity contribution in [3.63, 3.8) is 0 Å². The number of hydrogen-bond donors (Lipinski definition) is 1. The van der Waals surface area contributed by atoms with Crippen LogP contribution in [0.3, 0.4) is 0 Å². The van der Waals surface area contributed by atoms with Crippen LogP contribution in [-0.4, -0.2) is 22.6 Å². The summed E-state index contributed by atoms with van der Waals surface area (Å²) in [5.41, 5.74) is -2.55. The molecule has 2 aromatic heterocycles. The van der Waals surface area contributed by atoms with E-state index in [1.807, 2.05) is 0 Å². The number of thiazole rings is 1. The summed E-state index contributed by atoms with van der Waals surface area (Å²) >= 11 is 1.61. The summed E-state index contributed by atoms with van der Waals surface area (Å²) in [6.45, 7) is 0. The molecule has 33 heavy (non-hydrogen) atoms. The number of halogens is 4. The van der Waals surface area contributed by atoms with E-state index in [2.05, 4.69) is 4.98 Å². The molecule has 0 saturated heterocycles. The number of benzene rings is 2. The standard InChI is InChI=1S/C22H13F4NO4S2/c23-13-3-1-12(2-4-13)16-10-19(29)31-17-9-14(5-6-15(16)17)32-20-27-11-18(33-20)21(30,7-8-28)22(24,25)26/h1-6,8-11,30H,7H2/t21-/m0/s1. The lowest BCUT2D eigenvalue weighted by Gasteiger charge is -2.26. The maximum atomic E-state index is 13.3. The van der Waals surface area contributed by atoms with Crippen LogP contribution in [0.25, 0.3) is 22.1 Å². The molecule has 11 heteroatoms. The van der Waals surface area contributed by atoms with Gasteiger partial charge in [0.25, 0.3) is 0 Å². The second kappa shape index (κ2) is 8.73. The summed E-state index contributed by atoms with van der Waals surface area (Å²) < 4.78 is 58.7. The molecule has 1 N–H and O–H groups in total. The topological polar surface area (TPSA) is 80.4 Å². The monoisotopic (exact) mass is 495 g/mol. The maximum Gasteiger partial charge on any atom is 0.422 e. The van der Waals surface area contributed by atoms with Crippen molar-refractivity contribution in [3.05, 3.63) is 75.8 Å². The van der Waals surface area contributed by atoms with Crippen molar-refractivity contribution in [1.29, 1.82) is 0 Å². The first kappa shape index (κ1) is 23.1. The number of fused-ring (bicyclic) bond motifs is 1. The van der Waals surface area contributed by atoms with Crippen molar-refractivity contribution in [2.45, 2.75) is 27.4 Å². The van der Waals surface area contributed by atoms with Crippen LogP contribution in [0, 0.1) is 5.82 Å². The first-order valence-corrected chi connectivity index (χ1v) is 10.9. The Balaban J connectivity index is 1.68. The molecule has 0 aliphatic rings. The molecule has 0 radical (unpaired) electrons. The van der Waals surface area contributed by atoms with E-state index < -0.39 is 34.5 Å². The summed E-state index contributed by atoms with van der Waals surface area (Å²) in [5, 5.41) is 10.6. The quantitative estimate of drug-likeness (QED) is 0.215. The molecule has 0 saturated carbocycles. The van der Waals surface area contributed by atoms with Crippen LogP contribution in [0.15, 0.2) is 73.2 Å². The van der Waals surface area contributed by atoms with E-state index in [-0.39, 0.29) is 16.2 Å². The zero-order chi connectivity index (χ0) is 23.8. The Morgan fingerprint density at radius 1 is 1.12 bits per heavy atom. The van der Waals surface area contributed by atoms with Gasteiger partial charge in [0.1, 0.15) is 17.7 Å². The van der Waals surface area contributed by atoms with E-state index >= 15 is 0 Å². The highest BCUT2D eigenvalue weighted by Gasteiger charge is 2.56.